The van der Waals surface area contributed by atoms with E-state index in [1.165, 1.54) is 0 Å². The van der Waals surface area contributed by atoms with Crippen LogP contribution in [0.15, 0.2) is 107 Å². The molecule has 0 aliphatic heterocycles. The highest BCUT2D eigenvalue weighted by atomic mass is 35.5. The molecule has 4 aromatic carbocycles. The number of halogens is 8. The highest BCUT2D eigenvalue weighted by molar-refractivity contribution is 7.89. The van der Waals surface area contributed by atoms with Crippen molar-refractivity contribution in [1.82, 2.24) is 19.6 Å². The fourth-order valence-electron chi connectivity index (χ4n) is 5.45. The third-order valence-electron chi connectivity index (χ3n) is 8.15. The number of rotatable bonds is 12. The van der Waals surface area contributed by atoms with Gasteiger partial charge in [-0.05, 0) is 41.5 Å². The molecule has 0 unspecified atom stereocenters. The summed E-state index contributed by atoms with van der Waals surface area (Å²) in [6.07, 6.45) is 3.23. The van der Waals surface area contributed by atoms with Crippen molar-refractivity contribution in [3.8, 4) is 22.3 Å². The smallest absolute Gasteiger partial charge is 0.323 e. The molecule has 60 heavy (non-hydrogen) atoms. The molecule has 6 rings (SSSR count). The van der Waals surface area contributed by atoms with Crippen molar-refractivity contribution in [2.24, 2.45) is 10.3 Å². The van der Waals surface area contributed by atoms with Gasteiger partial charge < -0.3 is 10.6 Å². The largest absolute Gasteiger partial charge is 0.333 e. The predicted molar refractivity (Wildman–Crippen MR) is 208 cm³/mol. The number of nitrogens with one attached hydrogen (secondary N) is 2. The van der Waals surface area contributed by atoms with E-state index in [0.29, 0.717) is 21.2 Å². The molecule has 14 nitrogen and oxygen atoms in total. The van der Waals surface area contributed by atoms with Gasteiger partial charge >= 0.3 is 13.1 Å². The Morgan fingerprint density at radius 1 is 0.667 bits per heavy atom. The van der Waals surface area contributed by atoms with Gasteiger partial charge in [-0.25, -0.2) is 45.3 Å². The van der Waals surface area contributed by atoms with Gasteiger partial charge in [-0.3, -0.25) is 9.59 Å². The van der Waals surface area contributed by atoms with Gasteiger partial charge in [0.2, 0.25) is 31.9 Å². The van der Waals surface area contributed by atoms with E-state index in [-0.39, 0.29) is 44.5 Å². The van der Waals surface area contributed by atoms with Gasteiger partial charge in [0.1, 0.15) is 10.7 Å². The normalized spacial score (nSPS) is 11.7. The van der Waals surface area contributed by atoms with Crippen LogP contribution in [0.4, 0.5) is 37.7 Å². The number of hydrogen-bond donors (Lipinski definition) is 4. The van der Waals surface area contributed by atoms with Crippen molar-refractivity contribution in [2.75, 3.05) is 10.6 Å². The molecule has 0 bridgehead atoms. The minimum Gasteiger partial charge on any atom is -0.323 e. The number of nitrogens with two attached hydrogens (primary N) is 2. The zero-order valence-corrected chi connectivity index (χ0v) is 33.2. The van der Waals surface area contributed by atoms with Gasteiger partial charge in [0, 0.05) is 44.7 Å². The van der Waals surface area contributed by atoms with E-state index in [4.69, 9.17) is 33.5 Å². The minimum absolute atomic E-state index is 0.0906. The number of anilines is 2. The van der Waals surface area contributed by atoms with Crippen LogP contribution in [-0.4, -0.2) is 48.2 Å². The second-order valence-corrected chi connectivity index (χ2v) is 16.2. The number of carbonyl (C=O) groups excluding carboxylic acids is 2. The summed E-state index contributed by atoms with van der Waals surface area (Å²) < 4.78 is 129. The molecule has 2 amide bonds. The van der Waals surface area contributed by atoms with Crippen LogP contribution in [0, 0.1) is 11.6 Å². The maximum absolute atomic E-state index is 15.0. The summed E-state index contributed by atoms with van der Waals surface area (Å²) in [5.41, 5.74) is -0.641. The molecule has 0 aliphatic rings. The summed E-state index contributed by atoms with van der Waals surface area (Å²) in [4.78, 5) is 23.0. The average Bonchev–Trinajstić information content (AvgIpc) is 3.86. The predicted octanol–water partition coefficient (Wildman–Crippen LogP) is 7.13. The molecule has 0 saturated heterocycles. The number of primary sulfonamides is 2. The Hall–Kier alpha value is -5.78. The SMILES string of the molecule is NS(=O)(=O)c1c(-c2cnn(C(F)F)c2)ccc(NC(=O)Cc2ccccc2Cl)c1F.NS(=O)(=O)c1cc(NC(=O)Cc2ccccc2Cl)c(F)cc1-c1cnn(C(F)F)c1. The summed E-state index contributed by atoms with van der Waals surface area (Å²) in [5.74, 6) is -3.62. The van der Waals surface area contributed by atoms with Gasteiger partial charge in [0.25, 0.3) is 0 Å². The maximum Gasteiger partial charge on any atom is 0.333 e. The lowest BCUT2D eigenvalue weighted by Gasteiger charge is -2.13. The van der Waals surface area contributed by atoms with Crippen LogP contribution in [0.2, 0.25) is 10.0 Å². The molecule has 0 saturated carbocycles. The van der Waals surface area contributed by atoms with Crippen molar-refractivity contribution >= 4 is 66.4 Å². The zero-order chi connectivity index (χ0) is 44.1. The molecular formula is C36H28Cl2F6N8O6S2. The Labute approximate surface area is 346 Å². The fraction of sp³-hybridized carbons (Fsp3) is 0.111. The molecular weight excluding hydrogens is 889 g/mol. The van der Waals surface area contributed by atoms with Gasteiger partial charge in [0.05, 0.1) is 41.5 Å². The van der Waals surface area contributed by atoms with E-state index < -0.39 is 77.8 Å². The molecule has 2 heterocycles. The number of carbonyl (C=O) groups is 2. The monoisotopic (exact) mass is 916 g/mol. The summed E-state index contributed by atoms with van der Waals surface area (Å²) in [6.45, 7) is -5.94. The van der Waals surface area contributed by atoms with Crippen LogP contribution in [0.5, 0.6) is 0 Å². The van der Waals surface area contributed by atoms with E-state index in [1.54, 1.807) is 48.5 Å². The molecule has 0 radical (unpaired) electrons. The number of alkyl halides is 4. The lowest BCUT2D eigenvalue weighted by Crippen LogP contribution is -2.19. The summed E-state index contributed by atoms with van der Waals surface area (Å²) in [5, 5.41) is 22.3. The molecule has 24 heteroatoms. The van der Waals surface area contributed by atoms with Crippen molar-refractivity contribution in [3.63, 3.8) is 0 Å². The lowest BCUT2D eigenvalue weighted by atomic mass is 10.1. The summed E-state index contributed by atoms with van der Waals surface area (Å²) >= 11 is 12.0. The van der Waals surface area contributed by atoms with E-state index in [0.717, 1.165) is 49.1 Å². The number of amides is 2. The second-order valence-electron chi connectivity index (χ2n) is 12.3. The molecule has 2 aromatic heterocycles. The van der Waals surface area contributed by atoms with Crippen molar-refractivity contribution in [1.29, 1.82) is 0 Å². The lowest BCUT2D eigenvalue weighted by molar-refractivity contribution is -0.116. The number of benzene rings is 4. The number of hydrogen-bond acceptors (Lipinski definition) is 8. The fourth-order valence-corrected chi connectivity index (χ4v) is 7.48. The zero-order valence-electron chi connectivity index (χ0n) is 30.0. The van der Waals surface area contributed by atoms with E-state index >= 15 is 0 Å². The Morgan fingerprint density at radius 2 is 1.13 bits per heavy atom. The molecule has 316 valence electrons. The second kappa shape index (κ2) is 18.6. The molecule has 0 spiro atoms. The van der Waals surface area contributed by atoms with Crippen LogP contribution in [0.25, 0.3) is 22.3 Å². The van der Waals surface area contributed by atoms with Crippen molar-refractivity contribution < 1.29 is 52.8 Å². The molecule has 0 fully saturated rings. The summed E-state index contributed by atoms with van der Waals surface area (Å²) in [6, 6.07) is 16.9. The Balaban J connectivity index is 0.000000228. The third-order valence-corrected chi connectivity index (χ3v) is 10.8. The highest BCUT2D eigenvalue weighted by Gasteiger charge is 2.26. The molecule has 6 aromatic rings. The number of nitrogens with zero attached hydrogens (tertiary/aromatic N) is 4. The van der Waals surface area contributed by atoms with Crippen molar-refractivity contribution in [2.45, 2.75) is 35.7 Å². The van der Waals surface area contributed by atoms with Gasteiger partial charge in [-0.15, -0.1) is 0 Å². The first-order chi connectivity index (χ1) is 28.1. The van der Waals surface area contributed by atoms with E-state index in [1.807, 2.05) is 0 Å². The molecule has 0 atom stereocenters. The average molecular weight is 918 g/mol. The third kappa shape index (κ3) is 11.1. The minimum atomic E-state index is -4.62. The Bertz CT molecular complexity index is 2710. The Morgan fingerprint density at radius 3 is 1.57 bits per heavy atom. The molecule has 0 aliphatic carbocycles. The van der Waals surface area contributed by atoms with E-state index in [2.05, 4.69) is 20.8 Å². The van der Waals surface area contributed by atoms with E-state index in [9.17, 15) is 52.8 Å². The maximum atomic E-state index is 15.0. The van der Waals surface area contributed by atoms with Crippen LogP contribution < -0.4 is 20.9 Å². The summed E-state index contributed by atoms with van der Waals surface area (Å²) in [7, 11) is -9.02. The Kier molecular flexibility index (Phi) is 14.1. The number of sulfonamides is 2. The quantitative estimate of drug-likeness (QED) is 0.0925. The van der Waals surface area contributed by atoms with Gasteiger partial charge in [0.15, 0.2) is 5.82 Å². The highest BCUT2D eigenvalue weighted by Crippen LogP contribution is 2.34. The van der Waals surface area contributed by atoms with Gasteiger partial charge in [-0.1, -0.05) is 65.7 Å². The van der Waals surface area contributed by atoms with Crippen LogP contribution >= 0.6 is 23.2 Å². The first kappa shape index (κ1) is 45.3. The number of aromatic nitrogens is 4. The van der Waals surface area contributed by atoms with Crippen molar-refractivity contribution in [3.05, 3.63) is 130 Å². The first-order valence-corrected chi connectivity index (χ1v) is 20.4. The topological polar surface area (TPSA) is 214 Å². The van der Waals surface area contributed by atoms with Crippen LogP contribution in [0.1, 0.15) is 24.2 Å². The van der Waals surface area contributed by atoms with Gasteiger partial charge in [-0.2, -0.15) is 27.8 Å². The van der Waals surface area contributed by atoms with Crippen LogP contribution in [0.3, 0.4) is 0 Å². The standard InChI is InChI=1S/2C18H14ClF3N4O3S/c19-13-4-2-1-3-10(13)5-17(27)25-15-7-16(30(23,28)29)12(6-14(15)20)11-8-24-26(9-11)18(21)22;19-13-4-2-1-3-10(13)7-15(27)25-14-6-5-12(17(16(14)20)30(23,28)29)11-8-24-26(9-11)18(21)22/h1-4,6-9,18H,5H2,(H,25,27)(H2,23,28,29);1-6,8-9,18H,7H2,(H,25,27)(H2,23,28,29). The first-order valence-electron chi connectivity index (χ1n) is 16.6. The van der Waals surface area contributed by atoms with Crippen LogP contribution in [-0.2, 0) is 42.5 Å². The molecule has 6 N–H and O–H groups in total.